The molecule has 1 amide bonds. The van der Waals surface area contributed by atoms with E-state index in [-0.39, 0.29) is 18.6 Å². The summed E-state index contributed by atoms with van der Waals surface area (Å²) in [7, 11) is 1.54. The predicted molar refractivity (Wildman–Crippen MR) is 102 cm³/mol. The topological polar surface area (TPSA) is 84.9 Å². The summed E-state index contributed by atoms with van der Waals surface area (Å²) in [5, 5.41) is 12.2. The molecule has 0 heterocycles. The number of rotatable bonds is 9. The van der Waals surface area contributed by atoms with Crippen LogP contribution < -0.4 is 14.8 Å². The highest BCUT2D eigenvalue weighted by Crippen LogP contribution is 2.26. The molecular weight excluding hydrogens is 346 g/mol. The van der Waals surface area contributed by atoms with E-state index in [2.05, 4.69) is 5.32 Å². The molecule has 0 saturated heterocycles. The number of carbonyl (C=O) groups excluding carboxylic acids is 1. The van der Waals surface area contributed by atoms with Crippen LogP contribution in [0.1, 0.15) is 29.8 Å². The molecule has 0 saturated carbocycles. The lowest BCUT2D eigenvalue weighted by atomic mass is 9.99. The first-order valence-corrected chi connectivity index (χ1v) is 8.80. The predicted octanol–water partition coefficient (Wildman–Crippen LogP) is 3.16. The molecule has 2 aromatic carbocycles. The fraction of sp³-hybridized carbons (Fsp3) is 0.333. The van der Waals surface area contributed by atoms with E-state index < -0.39 is 11.9 Å². The molecular formula is C21H25NO5. The molecule has 1 atom stereocenters. The maximum absolute atomic E-state index is 12.6. The fourth-order valence-electron chi connectivity index (χ4n) is 2.63. The summed E-state index contributed by atoms with van der Waals surface area (Å²) in [5.74, 6) is -1.07. The second-order valence-corrected chi connectivity index (χ2v) is 6.46. The van der Waals surface area contributed by atoms with Crippen molar-refractivity contribution in [3.05, 3.63) is 59.7 Å². The minimum atomic E-state index is -0.951. The van der Waals surface area contributed by atoms with Gasteiger partial charge in [-0.3, -0.25) is 9.59 Å². The van der Waals surface area contributed by atoms with Crippen LogP contribution in [0.3, 0.4) is 0 Å². The van der Waals surface area contributed by atoms with Crippen molar-refractivity contribution in [3.8, 4) is 11.5 Å². The van der Waals surface area contributed by atoms with Gasteiger partial charge in [0.25, 0.3) is 5.91 Å². The van der Waals surface area contributed by atoms with E-state index in [1.54, 1.807) is 18.2 Å². The first-order valence-electron chi connectivity index (χ1n) is 8.80. The average Bonchev–Trinajstić information content (AvgIpc) is 2.64. The molecule has 0 spiro atoms. The van der Waals surface area contributed by atoms with Crippen molar-refractivity contribution in [1.29, 1.82) is 0 Å². The largest absolute Gasteiger partial charge is 0.497 e. The summed E-state index contributed by atoms with van der Waals surface area (Å²) in [5.41, 5.74) is 1.25. The summed E-state index contributed by atoms with van der Waals surface area (Å²) in [4.78, 5) is 24.2. The standard InChI is InChI=1S/C21H25NO5/c1-14(2)27-19-12-17(26-3)9-10-18(19)20(23)22-13-16(21(24)25)11-15-7-5-4-6-8-15/h4-10,12,14,16H,11,13H2,1-3H3,(H,22,23)(H,24,25). The molecule has 0 aromatic heterocycles. The van der Waals surface area contributed by atoms with Gasteiger partial charge in [-0.15, -0.1) is 0 Å². The molecule has 1 unspecified atom stereocenters. The monoisotopic (exact) mass is 371 g/mol. The first-order chi connectivity index (χ1) is 12.9. The maximum atomic E-state index is 12.6. The number of carboxylic acid groups (broad SMARTS) is 1. The minimum absolute atomic E-state index is 0.0240. The van der Waals surface area contributed by atoms with E-state index in [9.17, 15) is 14.7 Å². The van der Waals surface area contributed by atoms with Crippen molar-refractivity contribution < 1.29 is 24.2 Å². The zero-order valence-electron chi connectivity index (χ0n) is 15.8. The Morgan fingerprint density at radius 3 is 2.41 bits per heavy atom. The van der Waals surface area contributed by atoms with Crippen LogP contribution in [0.5, 0.6) is 11.5 Å². The van der Waals surface area contributed by atoms with Gasteiger partial charge in [-0.25, -0.2) is 0 Å². The number of aliphatic carboxylic acids is 1. The van der Waals surface area contributed by atoms with E-state index >= 15 is 0 Å². The maximum Gasteiger partial charge on any atom is 0.308 e. The lowest BCUT2D eigenvalue weighted by Crippen LogP contribution is -2.34. The van der Waals surface area contributed by atoms with E-state index in [1.807, 2.05) is 44.2 Å². The van der Waals surface area contributed by atoms with Crippen LogP contribution in [0.4, 0.5) is 0 Å². The van der Waals surface area contributed by atoms with Crippen LogP contribution in [-0.4, -0.2) is 36.7 Å². The summed E-state index contributed by atoms with van der Waals surface area (Å²) in [6.07, 6.45) is 0.225. The Morgan fingerprint density at radius 2 is 1.81 bits per heavy atom. The number of nitrogens with one attached hydrogen (secondary N) is 1. The molecule has 6 heteroatoms. The van der Waals surface area contributed by atoms with Crippen LogP contribution >= 0.6 is 0 Å². The Bertz CT molecular complexity index is 773. The third-order valence-corrected chi connectivity index (χ3v) is 3.98. The van der Waals surface area contributed by atoms with Crippen LogP contribution in [0.25, 0.3) is 0 Å². The van der Waals surface area contributed by atoms with Gasteiger partial charge in [0.15, 0.2) is 0 Å². The second kappa shape index (κ2) is 9.62. The Balaban J connectivity index is 2.09. The highest BCUT2D eigenvalue weighted by molar-refractivity contribution is 5.97. The van der Waals surface area contributed by atoms with Gasteiger partial charge >= 0.3 is 5.97 Å². The summed E-state index contributed by atoms with van der Waals surface area (Å²) >= 11 is 0. The van der Waals surface area contributed by atoms with Gasteiger partial charge < -0.3 is 19.9 Å². The SMILES string of the molecule is COc1ccc(C(=O)NCC(Cc2ccccc2)C(=O)O)c(OC(C)C)c1. The Labute approximate surface area is 159 Å². The van der Waals surface area contributed by atoms with E-state index in [0.717, 1.165) is 5.56 Å². The van der Waals surface area contributed by atoms with Crippen LogP contribution in [0.15, 0.2) is 48.5 Å². The number of methoxy groups -OCH3 is 1. The van der Waals surface area contributed by atoms with E-state index in [0.29, 0.717) is 23.5 Å². The number of amides is 1. The number of carboxylic acids is 1. The molecule has 144 valence electrons. The molecule has 0 aliphatic carbocycles. The Hall–Kier alpha value is -3.02. The first kappa shape index (κ1) is 20.3. The Kier molecular flexibility index (Phi) is 7.23. The van der Waals surface area contributed by atoms with Crippen molar-refractivity contribution in [2.75, 3.05) is 13.7 Å². The smallest absolute Gasteiger partial charge is 0.308 e. The fourth-order valence-corrected chi connectivity index (χ4v) is 2.63. The summed E-state index contributed by atoms with van der Waals surface area (Å²) in [6.45, 7) is 3.75. The third kappa shape index (κ3) is 6.02. The highest BCUT2D eigenvalue weighted by atomic mass is 16.5. The highest BCUT2D eigenvalue weighted by Gasteiger charge is 2.21. The van der Waals surface area contributed by atoms with E-state index in [4.69, 9.17) is 9.47 Å². The second-order valence-electron chi connectivity index (χ2n) is 6.46. The quantitative estimate of drug-likeness (QED) is 0.707. The number of ether oxygens (including phenoxy) is 2. The molecule has 6 nitrogen and oxygen atoms in total. The van der Waals surface area contributed by atoms with Crippen molar-refractivity contribution in [2.24, 2.45) is 5.92 Å². The molecule has 0 radical (unpaired) electrons. The number of hydrogen-bond donors (Lipinski definition) is 2. The van der Waals surface area contributed by atoms with Crippen molar-refractivity contribution in [1.82, 2.24) is 5.32 Å². The number of benzene rings is 2. The summed E-state index contributed by atoms with van der Waals surface area (Å²) in [6, 6.07) is 14.3. The minimum Gasteiger partial charge on any atom is -0.497 e. The lowest BCUT2D eigenvalue weighted by molar-refractivity contribution is -0.141. The van der Waals surface area contributed by atoms with Crippen LogP contribution in [0, 0.1) is 5.92 Å². The molecule has 0 aliphatic rings. The van der Waals surface area contributed by atoms with Gasteiger partial charge in [-0.2, -0.15) is 0 Å². The van der Waals surface area contributed by atoms with Gasteiger partial charge in [-0.05, 0) is 38.0 Å². The number of hydrogen-bond acceptors (Lipinski definition) is 4. The van der Waals surface area contributed by atoms with E-state index in [1.165, 1.54) is 7.11 Å². The average molecular weight is 371 g/mol. The van der Waals surface area contributed by atoms with Gasteiger partial charge in [0.05, 0.1) is 24.7 Å². The van der Waals surface area contributed by atoms with Crippen molar-refractivity contribution in [3.63, 3.8) is 0 Å². The van der Waals surface area contributed by atoms with Gasteiger partial charge in [0.2, 0.25) is 0 Å². The molecule has 2 N–H and O–H groups in total. The molecule has 2 aromatic rings. The molecule has 0 fully saturated rings. The lowest BCUT2D eigenvalue weighted by Gasteiger charge is -2.17. The molecule has 0 bridgehead atoms. The van der Waals surface area contributed by atoms with Gasteiger partial charge in [0, 0.05) is 12.6 Å². The summed E-state index contributed by atoms with van der Waals surface area (Å²) < 4.78 is 10.9. The van der Waals surface area contributed by atoms with Crippen LogP contribution in [-0.2, 0) is 11.2 Å². The zero-order valence-corrected chi connectivity index (χ0v) is 15.8. The Morgan fingerprint density at radius 1 is 1.11 bits per heavy atom. The molecule has 0 aliphatic heterocycles. The normalized spacial score (nSPS) is 11.7. The van der Waals surface area contributed by atoms with Crippen molar-refractivity contribution >= 4 is 11.9 Å². The van der Waals surface area contributed by atoms with Gasteiger partial charge in [0.1, 0.15) is 11.5 Å². The number of carbonyl (C=O) groups is 2. The third-order valence-electron chi connectivity index (χ3n) is 3.98. The molecule has 2 rings (SSSR count). The van der Waals surface area contributed by atoms with Crippen molar-refractivity contribution in [2.45, 2.75) is 26.4 Å². The zero-order chi connectivity index (χ0) is 19.8. The van der Waals surface area contributed by atoms with Crippen LogP contribution in [0.2, 0.25) is 0 Å². The van der Waals surface area contributed by atoms with Gasteiger partial charge in [-0.1, -0.05) is 30.3 Å². The molecule has 27 heavy (non-hydrogen) atoms.